The molecule has 1 rings (SSSR count). The van der Waals surface area contributed by atoms with Crippen LogP contribution < -0.4 is 9.47 Å². The van der Waals surface area contributed by atoms with Gasteiger partial charge in [0.15, 0.2) is 17.3 Å². The molecular weight excluding hydrogens is 254 g/mol. The van der Waals surface area contributed by atoms with Gasteiger partial charge in [-0.3, -0.25) is 4.79 Å². The van der Waals surface area contributed by atoms with Gasteiger partial charge in [0.2, 0.25) is 0 Å². The highest BCUT2D eigenvalue weighted by Gasteiger charge is 2.13. The summed E-state index contributed by atoms with van der Waals surface area (Å²) in [5.41, 5.74) is 0.877. The van der Waals surface area contributed by atoms with Gasteiger partial charge in [-0.1, -0.05) is 19.9 Å². The van der Waals surface area contributed by atoms with Crippen molar-refractivity contribution in [3.63, 3.8) is 0 Å². The van der Waals surface area contributed by atoms with Crippen molar-refractivity contribution in [2.45, 2.75) is 20.8 Å². The van der Waals surface area contributed by atoms with Crippen LogP contribution in [0.3, 0.4) is 0 Å². The van der Waals surface area contributed by atoms with Crippen molar-refractivity contribution in [1.82, 2.24) is 0 Å². The van der Waals surface area contributed by atoms with Crippen LogP contribution in [0.4, 0.5) is 0 Å². The molecule has 4 nitrogen and oxygen atoms in total. The van der Waals surface area contributed by atoms with Crippen LogP contribution in [0.5, 0.6) is 11.5 Å². The van der Waals surface area contributed by atoms with E-state index in [0.717, 1.165) is 5.56 Å². The molecule has 0 aliphatic rings. The molecular formula is C16H19NO3. The quantitative estimate of drug-likeness (QED) is 0.589. The smallest absolute Gasteiger partial charge is 0.175 e. The van der Waals surface area contributed by atoms with Gasteiger partial charge in [0.1, 0.15) is 6.07 Å². The summed E-state index contributed by atoms with van der Waals surface area (Å²) in [5, 5.41) is 9.08. The molecule has 0 atom stereocenters. The maximum absolute atomic E-state index is 11.9. The normalized spacial score (nSPS) is 11.1. The molecule has 1 aromatic rings. The van der Waals surface area contributed by atoms with Crippen LogP contribution in [-0.2, 0) is 4.79 Å². The average molecular weight is 273 g/mol. The number of methoxy groups -OCH3 is 1. The van der Waals surface area contributed by atoms with Gasteiger partial charge in [-0.25, -0.2) is 0 Å². The van der Waals surface area contributed by atoms with Gasteiger partial charge < -0.3 is 9.47 Å². The fourth-order valence-corrected chi connectivity index (χ4v) is 1.68. The number of carbonyl (C=O) groups excluding carboxylic acids is 1. The summed E-state index contributed by atoms with van der Waals surface area (Å²) in [6, 6.07) is 7.25. The molecule has 1 aromatic carbocycles. The number of ether oxygens (including phenoxy) is 2. The van der Waals surface area contributed by atoms with Gasteiger partial charge in [0.05, 0.1) is 19.3 Å². The van der Waals surface area contributed by atoms with E-state index in [0.29, 0.717) is 18.1 Å². The van der Waals surface area contributed by atoms with E-state index in [1.165, 1.54) is 0 Å². The molecule has 0 saturated carbocycles. The van der Waals surface area contributed by atoms with Gasteiger partial charge in [0.25, 0.3) is 0 Å². The summed E-state index contributed by atoms with van der Waals surface area (Å²) >= 11 is 0. The lowest BCUT2D eigenvalue weighted by molar-refractivity contribution is -0.117. The fraction of sp³-hybridized carbons (Fsp3) is 0.375. The Hall–Kier alpha value is -2.28. The van der Waals surface area contributed by atoms with E-state index in [1.807, 2.05) is 13.0 Å². The summed E-state index contributed by atoms with van der Waals surface area (Å²) in [6.07, 6.45) is 1.57. The lowest BCUT2D eigenvalue weighted by atomic mass is 10.00. The molecule has 0 fully saturated rings. The van der Waals surface area contributed by atoms with E-state index in [9.17, 15) is 4.79 Å². The first-order valence-electron chi connectivity index (χ1n) is 6.50. The molecule has 0 bridgehead atoms. The second-order valence-electron chi connectivity index (χ2n) is 4.53. The molecule has 0 aliphatic heterocycles. The van der Waals surface area contributed by atoms with Crippen molar-refractivity contribution in [3.8, 4) is 17.6 Å². The molecule has 0 radical (unpaired) electrons. The Kier molecular flexibility index (Phi) is 5.79. The Morgan fingerprint density at radius 2 is 2.10 bits per heavy atom. The number of rotatable bonds is 6. The van der Waals surface area contributed by atoms with Crippen molar-refractivity contribution < 1.29 is 14.3 Å². The molecule has 0 N–H and O–H groups in total. The van der Waals surface area contributed by atoms with Crippen molar-refractivity contribution in [1.29, 1.82) is 5.26 Å². The number of Topliss-reactive ketones (excluding diaryl/α,β-unsaturated/α-hetero) is 1. The summed E-state index contributed by atoms with van der Waals surface area (Å²) in [6.45, 7) is 5.97. The maximum Gasteiger partial charge on any atom is 0.175 e. The van der Waals surface area contributed by atoms with E-state index in [1.54, 1.807) is 45.2 Å². The highest BCUT2D eigenvalue weighted by molar-refractivity contribution is 6.04. The molecule has 0 saturated heterocycles. The van der Waals surface area contributed by atoms with Crippen LogP contribution in [-0.4, -0.2) is 19.5 Å². The zero-order valence-corrected chi connectivity index (χ0v) is 12.3. The molecule has 0 spiro atoms. The van der Waals surface area contributed by atoms with E-state index in [4.69, 9.17) is 14.7 Å². The third-order valence-electron chi connectivity index (χ3n) is 2.71. The lowest BCUT2D eigenvalue weighted by Gasteiger charge is -2.10. The number of hydrogen-bond donors (Lipinski definition) is 0. The first kappa shape index (κ1) is 15.8. The molecule has 0 aliphatic carbocycles. The predicted octanol–water partition coefficient (Wildman–Crippen LogP) is 3.23. The Morgan fingerprint density at radius 3 is 2.60 bits per heavy atom. The van der Waals surface area contributed by atoms with Crippen molar-refractivity contribution in [3.05, 3.63) is 29.3 Å². The van der Waals surface area contributed by atoms with Crippen LogP contribution >= 0.6 is 0 Å². The zero-order valence-electron chi connectivity index (χ0n) is 12.3. The van der Waals surface area contributed by atoms with Crippen LogP contribution in [0.15, 0.2) is 23.8 Å². The first-order valence-corrected chi connectivity index (χ1v) is 6.50. The SMILES string of the molecule is CCOc1ccc(/C=C(/C#N)C(=O)C(C)C)cc1OC. The first-order chi connectivity index (χ1) is 9.53. The topological polar surface area (TPSA) is 59.3 Å². The Labute approximate surface area is 119 Å². The molecule has 20 heavy (non-hydrogen) atoms. The number of nitrogens with zero attached hydrogens (tertiary/aromatic N) is 1. The van der Waals surface area contributed by atoms with Gasteiger partial charge in [-0.15, -0.1) is 0 Å². The molecule has 4 heteroatoms. The van der Waals surface area contributed by atoms with Gasteiger partial charge >= 0.3 is 0 Å². The van der Waals surface area contributed by atoms with Crippen molar-refractivity contribution >= 4 is 11.9 Å². The zero-order chi connectivity index (χ0) is 15.1. The Morgan fingerprint density at radius 1 is 1.40 bits per heavy atom. The van der Waals surface area contributed by atoms with Crippen LogP contribution in [0.2, 0.25) is 0 Å². The third-order valence-corrected chi connectivity index (χ3v) is 2.71. The number of hydrogen-bond acceptors (Lipinski definition) is 4. The predicted molar refractivity (Wildman–Crippen MR) is 77.6 cm³/mol. The molecule has 0 unspecified atom stereocenters. The third kappa shape index (κ3) is 3.86. The number of ketones is 1. The Bertz CT molecular complexity index is 553. The fourth-order valence-electron chi connectivity index (χ4n) is 1.68. The van der Waals surface area contributed by atoms with Gasteiger partial charge in [-0.05, 0) is 30.7 Å². The second-order valence-corrected chi connectivity index (χ2v) is 4.53. The van der Waals surface area contributed by atoms with E-state index < -0.39 is 0 Å². The van der Waals surface area contributed by atoms with Crippen LogP contribution in [0, 0.1) is 17.2 Å². The summed E-state index contributed by atoms with van der Waals surface area (Å²) < 4.78 is 10.7. The van der Waals surface area contributed by atoms with E-state index in [2.05, 4.69) is 0 Å². The average Bonchev–Trinajstić information content (AvgIpc) is 2.45. The molecule has 0 aromatic heterocycles. The molecule has 0 amide bonds. The highest BCUT2D eigenvalue weighted by atomic mass is 16.5. The van der Waals surface area contributed by atoms with E-state index in [-0.39, 0.29) is 17.3 Å². The minimum atomic E-state index is -0.203. The highest BCUT2D eigenvalue weighted by Crippen LogP contribution is 2.29. The molecule has 106 valence electrons. The largest absolute Gasteiger partial charge is 0.493 e. The lowest BCUT2D eigenvalue weighted by Crippen LogP contribution is -2.08. The van der Waals surface area contributed by atoms with Crippen LogP contribution in [0.25, 0.3) is 6.08 Å². The number of benzene rings is 1. The monoisotopic (exact) mass is 273 g/mol. The number of nitriles is 1. The summed E-state index contributed by atoms with van der Waals surface area (Å²) in [7, 11) is 1.55. The summed E-state index contributed by atoms with van der Waals surface area (Å²) in [4.78, 5) is 11.9. The van der Waals surface area contributed by atoms with Gasteiger partial charge in [-0.2, -0.15) is 5.26 Å². The number of allylic oxidation sites excluding steroid dienone is 1. The minimum absolute atomic E-state index is 0.145. The molecule has 0 heterocycles. The Balaban J connectivity index is 3.14. The van der Waals surface area contributed by atoms with Crippen molar-refractivity contribution in [2.24, 2.45) is 5.92 Å². The second kappa shape index (κ2) is 7.34. The standard InChI is InChI=1S/C16H19NO3/c1-5-20-14-7-6-12(9-15(14)19-4)8-13(10-17)16(18)11(2)3/h6-9,11H,5H2,1-4H3/b13-8-. The number of carbonyl (C=O) groups is 1. The van der Waals surface area contributed by atoms with Gasteiger partial charge in [0, 0.05) is 5.92 Å². The summed E-state index contributed by atoms with van der Waals surface area (Å²) in [5.74, 6) is 0.849. The van der Waals surface area contributed by atoms with Crippen molar-refractivity contribution in [2.75, 3.05) is 13.7 Å². The van der Waals surface area contributed by atoms with Crippen LogP contribution in [0.1, 0.15) is 26.3 Å². The maximum atomic E-state index is 11.9. The van der Waals surface area contributed by atoms with E-state index >= 15 is 0 Å². The minimum Gasteiger partial charge on any atom is -0.493 e.